The van der Waals surface area contributed by atoms with Crippen molar-refractivity contribution < 1.29 is 4.52 Å². The van der Waals surface area contributed by atoms with E-state index in [1.807, 2.05) is 17.9 Å². The molecule has 4 aliphatic carbocycles. The first-order valence-corrected chi connectivity index (χ1v) is 9.44. The molecule has 4 fully saturated rings. The monoisotopic (exact) mass is 334 g/mol. The standard InChI is InChI=1S/C20H22N4O/c1-24-11-21-16-7-15(2-3-17(16)24)18-22-19(25-23-18)20-8-12-4-13(9-20)6-14(5-12)10-20/h2-3,7,11-14H,4-6,8-10H2,1H3. The van der Waals surface area contributed by atoms with Gasteiger partial charge in [-0.3, -0.25) is 0 Å². The topological polar surface area (TPSA) is 56.7 Å². The lowest BCUT2D eigenvalue weighted by molar-refractivity contribution is -0.0201. The van der Waals surface area contributed by atoms with E-state index in [9.17, 15) is 0 Å². The van der Waals surface area contributed by atoms with E-state index < -0.39 is 0 Å². The molecule has 4 aliphatic rings. The van der Waals surface area contributed by atoms with Crippen molar-refractivity contribution in [3.05, 3.63) is 30.4 Å². The highest BCUT2D eigenvalue weighted by atomic mass is 16.5. The Balaban J connectivity index is 1.39. The summed E-state index contributed by atoms with van der Waals surface area (Å²) >= 11 is 0. The van der Waals surface area contributed by atoms with E-state index in [0.29, 0.717) is 5.82 Å². The predicted octanol–water partition coefficient (Wildman–Crippen LogP) is 4.09. The van der Waals surface area contributed by atoms with Crippen LogP contribution in [-0.2, 0) is 12.5 Å². The van der Waals surface area contributed by atoms with Gasteiger partial charge in [0.25, 0.3) is 0 Å². The maximum atomic E-state index is 5.83. The summed E-state index contributed by atoms with van der Waals surface area (Å²) in [6.07, 6.45) is 9.87. The summed E-state index contributed by atoms with van der Waals surface area (Å²) in [5.74, 6) is 4.24. The molecule has 2 heterocycles. The molecule has 0 spiro atoms. The van der Waals surface area contributed by atoms with Gasteiger partial charge in [-0.15, -0.1) is 0 Å². The third-order valence-electron chi connectivity index (χ3n) is 6.90. The molecular weight excluding hydrogens is 312 g/mol. The third-order valence-corrected chi connectivity index (χ3v) is 6.90. The van der Waals surface area contributed by atoms with Gasteiger partial charge >= 0.3 is 0 Å². The van der Waals surface area contributed by atoms with Gasteiger partial charge in [-0.05, 0) is 74.5 Å². The van der Waals surface area contributed by atoms with Gasteiger partial charge in [0.05, 0.1) is 22.8 Å². The summed E-state index contributed by atoms with van der Waals surface area (Å²) in [5, 5.41) is 4.34. The number of aromatic nitrogens is 4. The van der Waals surface area contributed by atoms with Gasteiger partial charge < -0.3 is 9.09 Å². The van der Waals surface area contributed by atoms with Crippen molar-refractivity contribution in [2.75, 3.05) is 0 Å². The van der Waals surface area contributed by atoms with Crippen LogP contribution in [0.5, 0.6) is 0 Å². The summed E-state index contributed by atoms with van der Waals surface area (Å²) in [5.41, 5.74) is 3.25. The molecule has 2 aromatic heterocycles. The predicted molar refractivity (Wildman–Crippen MR) is 93.9 cm³/mol. The Hall–Kier alpha value is -2.17. The second kappa shape index (κ2) is 4.71. The molecule has 5 heteroatoms. The second-order valence-electron chi connectivity index (χ2n) is 8.68. The Morgan fingerprint density at radius 3 is 2.52 bits per heavy atom. The van der Waals surface area contributed by atoms with Gasteiger partial charge in [0.2, 0.25) is 11.7 Å². The highest BCUT2D eigenvalue weighted by Crippen LogP contribution is 2.60. The van der Waals surface area contributed by atoms with Crippen LogP contribution in [0.3, 0.4) is 0 Å². The van der Waals surface area contributed by atoms with Crippen molar-refractivity contribution >= 4 is 11.0 Å². The highest BCUT2D eigenvalue weighted by Gasteiger charge is 2.54. The van der Waals surface area contributed by atoms with Crippen LogP contribution in [0.15, 0.2) is 29.0 Å². The number of imidazole rings is 1. The van der Waals surface area contributed by atoms with Crippen LogP contribution in [0, 0.1) is 17.8 Å². The first-order valence-electron chi connectivity index (χ1n) is 9.44. The fourth-order valence-electron chi connectivity index (χ4n) is 6.20. The van der Waals surface area contributed by atoms with Crippen LogP contribution < -0.4 is 0 Å². The van der Waals surface area contributed by atoms with E-state index >= 15 is 0 Å². The van der Waals surface area contributed by atoms with Crippen LogP contribution in [0.2, 0.25) is 0 Å². The largest absolute Gasteiger partial charge is 0.338 e. The van der Waals surface area contributed by atoms with Gasteiger partial charge in [0, 0.05) is 12.6 Å². The zero-order chi connectivity index (χ0) is 16.6. The molecule has 0 unspecified atom stereocenters. The first kappa shape index (κ1) is 14.0. The molecule has 0 amide bonds. The normalized spacial score (nSPS) is 33.4. The molecule has 0 atom stereocenters. The lowest BCUT2D eigenvalue weighted by atomic mass is 9.49. The number of rotatable bonds is 2. The van der Waals surface area contributed by atoms with Crippen LogP contribution >= 0.6 is 0 Å². The lowest BCUT2D eigenvalue weighted by Crippen LogP contribution is -2.48. The quantitative estimate of drug-likeness (QED) is 0.708. The number of fused-ring (bicyclic) bond motifs is 1. The molecule has 4 bridgehead atoms. The molecule has 3 aromatic rings. The average Bonchev–Trinajstić information content (AvgIpc) is 3.21. The Kier molecular flexibility index (Phi) is 2.65. The SMILES string of the molecule is Cn1cnc2cc(-c3noc(C45CC6CC(CC(C6)C4)C5)n3)ccc21. The van der Waals surface area contributed by atoms with Gasteiger partial charge in [-0.2, -0.15) is 4.98 Å². The minimum Gasteiger partial charge on any atom is -0.338 e. The molecule has 0 saturated heterocycles. The molecule has 7 rings (SSSR count). The number of hydrogen-bond donors (Lipinski definition) is 0. The summed E-state index contributed by atoms with van der Waals surface area (Å²) < 4.78 is 7.86. The maximum absolute atomic E-state index is 5.83. The molecule has 0 N–H and O–H groups in total. The number of nitrogens with zero attached hydrogens (tertiary/aromatic N) is 4. The van der Waals surface area contributed by atoms with Crippen molar-refractivity contribution in [3.63, 3.8) is 0 Å². The summed E-state index contributed by atoms with van der Waals surface area (Å²) in [7, 11) is 2.01. The molecule has 128 valence electrons. The summed E-state index contributed by atoms with van der Waals surface area (Å²) in [6, 6.07) is 6.21. The fraction of sp³-hybridized carbons (Fsp3) is 0.550. The molecule has 0 radical (unpaired) electrons. The molecule has 5 nitrogen and oxygen atoms in total. The molecule has 4 saturated carbocycles. The van der Waals surface area contributed by atoms with E-state index in [2.05, 4.69) is 28.3 Å². The van der Waals surface area contributed by atoms with Gasteiger partial charge in [-0.25, -0.2) is 4.98 Å². The van der Waals surface area contributed by atoms with Crippen LogP contribution in [-0.4, -0.2) is 19.7 Å². The fourth-order valence-corrected chi connectivity index (χ4v) is 6.20. The van der Waals surface area contributed by atoms with Crippen molar-refractivity contribution in [2.45, 2.75) is 43.9 Å². The Bertz CT molecular complexity index is 934. The van der Waals surface area contributed by atoms with Gasteiger partial charge in [0.1, 0.15) is 0 Å². The number of aryl methyl sites for hydroxylation is 1. The Labute approximate surface area is 146 Å². The summed E-state index contributed by atoms with van der Waals surface area (Å²) in [4.78, 5) is 9.31. The smallest absolute Gasteiger partial charge is 0.233 e. The number of hydrogen-bond acceptors (Lipinski definition) is 4. The lowest BCUT2D eigenvalue weighted by Gasteiger charge is -2.55. The Morgan fingerprint density at radius 1 is 1.08 bits per heavy atom. The zero-order valence-electron chi connectivity index (χ0n) is 14.5. The molecular formula is C20H22N4O. The van der Waals surface area contributed by atoms with E-state index in [4.69, 9.17) is 9.51 Å². The molecule has 0 aliphatic heterocycles. The van der Waals surface area contributed by atoms with E-state index in [1.165, 1.54) is 38.5 Å². The number of benzene rings is 1. The van der Waals surface area contributed by atoms with Gasteiger partial charge in [0.15, 0.2) is 0 Å². The highest BCUT2D eigenvalue weighted by molar-refractivity contribution is 5.80. The van der Waals surface area contributed by atoms with E-state index in [1.54, 1.807) is 0 Å². The minimum absolute atomic E-state index is 0.162. The average molecular weight is 334 g/mol. The Morgan fingerprint density at radius 2 is 1.80 bits per heavy atom. The molecule has 1 aromatic carbocycles. The second-order valence-corrected chi connectivity index (χ2v) is 8.68. The minimum atomic E-state index is 0.162. The van der Waals surface area contributed by atoms with Crippen LogP contribution in [0.25, 0.3) is 22.4 Å². The maximum Gasteiger partial charge on any atom is 0.233 e. The van der Waals surface area contributed by atoms with Crippen molar-refractivity contribution in [3.8, 4) is 11.4 Å². The molecule has 25 heavy (non-hydrogen) atoms. The van der Waals surface area contributed by atoms with E-state index in [0.717, 1.165) is 40.2 Å². The zero-order valence-corrected chi connectivity index (χ0v) is 14.5. The van der Waals surface area contributed by atoms with Crippen molar-refractivity contribution in [2.24, 2.45) is 24.8 Å². The van der Waals surface area contributed by atoms with E-state index in [-0.39, 0.29) is 5.41 Å². The van der Waals surface area contributed by atoms with Crippen LogP contribution in [0.4, 0.5) is 0 Å². The third kappa shape index (κ3) is 1.98. The first-order chi connectivity index (χ1) is 12.2. The summed E-state index contributed by atoms with van der Waals surface area (Å²) in [6.45, 7) is 0. The van der Waals surface area contributed by atoms with Gasteiger partial charge in [-0.1, -0.05) is 5.16 Å². The van der Waals surface area contributed by atoms with Crippen LogP contribution in [0.1, 0.15) is 44.4 Å². The van der Waals surface area contributed by atoms with Crippen molar-refractivity contribution in [1.82, 2.24) is 19.7 Å². The van der Waals surface area contributed by atoms with Crippen molar-refractivity contribution in [1.29, 1.82) is 0 Å².